The molecule has 0 aliphatic rings. The van der Waals surface area contributed by atoms with Gasteiger partial charge < -0.3 is 10.6 Å². The van der Waals surface area contributed by atoms with Crippen LogP contribution in [-0.4, -0.2) is 7.05 Å². The van der Waals surface area contributed by atoms with Crippen LogP contribution in [0.5, 0.6) is 0 Å². The van der Waals surface area contributed by atoms with Gasteiger partial charge in [-0.1, -0.05) is 23.7 Å². The summed E-state index contributed by atoms with van der Waals surface area (Å²) in [5.74, 6) is -0.269. The smallest absolute Gasteiger partial charge is 0.123 e. The van der Waals surface area contributed by atoms with Crippen LogP contribution >= 0.6 is 11.6 Å². The van der Waals surface area contributed by atoms with E-state index in [9.17, 15) is 4.39 Å². The molecule has 0 amide bonds. The van der Waals surface area contributed by atoms with Crippen LogP contribution in [0.25, 0.3) is 0 Å². The Morgan fingerprint density at radius 3 is 2.48 bits per heavy atom. The minimum absolute atomic E-state index is 0.103. The first-order valence-electron chi connectivity index (χ1n) is 6.93. The molecular formula is C17H20ClFN2. The lowest BCUT2D eigenvalue weighted by Crippen LogP contribution is -2.24. The topological polar surface area (TPSA) is 29.3 Å². The zero-order chi connectivity index (χ0) is 15.6. The van der Waals surface area contributed by atoms with Gasteiger partial charge in [0.15, 0.2) is 0 Å². The minimum atomic E-state index is -0.269. The van der Waals surface area contributed by atoms with Crippen molar-refractivity contribution >= 4 is 17.3 Å². The summed E-state index contributed by atoms with van der Waals surface area (Å²) in [6.07, 6.45) is 0. The second-order valence-corrected chi connectivity index (χ2v) is 5.77. The van der Waals surface area contributed by atoms with Gasteiger partial charge in [0, 0.05) is 23.8 Å². The van der Waals surface area contributed by atoms with E-state index in [0.717, 1.165) is 16.8 Å². The molecule has 2 aromatic rings. The van der Waals surface area contributed by atoms with Gasteiger partial charge in [0.25, 0.3) is 0 Å². The Morgan fingerprint density at radius 2 is 1.86 bits per heavy atom. The van der Waals surface area contributed by atoms with Gasteiger partial charge in [-0.2, -0.15) is 0 Å². The summed E-state index contributed by atoms with van der Waals surface area (Å²) in [4.78, 5) is 2.09. The molecule has 0 saturated carbocycles. The van der Waals surface area contributed by atoms with Crippen LogP contribution in [0.1, 0.15) is 37.1 Å². The molecular weight excluding hydrogens is 287 g/mol. The summed E-state index contributed by atoms with van der Waals surface area (Å²) in [5.41, 5.74) is 8.80. The Labute approximate surface area is 130 Å². The van der Waals surface area contributed by atoms with E-state index in [0.29, 0.717) is 5.02 Å². The molecule has 1 unspecified atom stereocenters. The van der Waals surface area contributed by atoms with E-state index < -0.39 is 0 Å². The molecule has 0 heterocycles. The zero-order valence-corrected chi connectivity index (χ0v) is 13.2. The molecule has 21 heavy (non-hydrogen) atoms. The van der Waals surface area contributed by atoms with Gasteiger partial charge in [0.05, 0.1) is 6.04 Å². The number of hydrogen-bond donors (Lipinski definition) is 1. The molecule has 0 radical (unpaired) electrons. The average molecular weight is 307 g/mol. The van der Waals surface area contributed by atoms with Gasteiger partial charge in [-0.05, 0) is 55.3 Å². The molecule has 2 N–H and O–H groups in total. The maximum Gasteiger partial charge on any atom is 0.123 e. The van der Waals surface area contributed by atoms with Crippen molar-refractivity contribution in [2.45, 2.75) is 25.9 Å². The maximum atomic E-state index is 13.5. The van der Waals surface area contributed by atoms with Crippen molar-refractivity contribution in [1.29, 1.82) is 0 Å². The Bertz CT molecular complexity index is 628. The van der Waals surface area contributed by atoms with Crippen molar-refractivity contribution < 1.29 is 4.39 Å². The number of nitrogens with two attached hydrogens (primary N) is 1. The highest BCUT2D eigenvalue weighted by Gasteiger charge is 2.17. The van der Waals surface area contributed by atoms with Gasteiger partial charge >= 0.3 is 0 Å². The first-order chi connectivity index (χ1) is 9.90. The normalized spacial score (nSPS) is 13.8. The van der Waals surface area contributed by atoms with E-state index in [4.69, 9.17) is 17.3 Å². The lowest BCUT2D eigenvalue weighted by Gasteiger charge is -2.30. The Kier molecular flexibility index (Phi) is 4.86. The van der Waals surface area contributed by atoms with E-state index in [1.165, 1.54) is 12.1 Å². The van der Waals surface area contributed by atoms with Crippen LogP contribution in [0.2, 0.25) is 5.02 Å². The summed E-state index contributed by atoms with van der Waals surface area (Å²) in [7, 11) is 1.98. The first-order valence-corrected chi connectivity index (χ1v) is 7.31. The van der Waals surface area contributed by atoms with E-state index in [1.54, 1.807) is 6.07 Å². The van der Waals surface area contributed by atoms with Crippen LogP contribution in [0.3, 0.4) is 0 Å². The number of anilines is 1. The highest BCUT2D eigenvalue weighted by atomic mass is 35.5. The minimum Gasteiger partial charge on any atom is -0.368 e. The summed E-state index contributed by atoms with van der Waals surface area (Å²) >= 11 is 6.05. The Morgan fingerprint density at radius 1 is 1.14 bits per heavy atom. The number of hydrogen-bond acceptors (Lipinski definition) is 2. The van der Waals surface area contributed by atoms with Crippen LogP contribution in [-0.2, 0) is 0 Å². The SMILES string of the molecule is CC(c1cccc(Cl)c1)N(C)c1ccc(F)cc1[C@H](C)N. The van der Waals surface area contributed by atoms with Crippen molar-refractivity contribution in [2.24, 2.45) is 5.73 Å². The summed E-state index contributed by atoms with van der Waals surface area (Å²) in [5, 5.41) is 0.708. The van der Waals surface area contributed by atoms with Crippen LogP contribution in [0.4, 0.5) is 10.1 Å². The van der Waals surface area contributed by atoms with E-state index in [-0.39, 0.29) is 17.9 Å². The molecule has 0 aliphatic heterocycles. The number of rotatable bonds is 4. The first kappa shape index (κ1) is 15.8. The third-order valence-corrected chi connectivity index (χ3v) is 4.01. The third kappa shape index (κ3) is 3.55. The largest absolute Gasteiger partial charge is 0.368 e. The van der Waals surface area contributed by atoms with E-state index >= 15 is 0 Å². The van der Waals surface area contributed by atoms with Gasteiger partial charge in [-0.25, -0.2) is 4.39 Å². The highest BCUT2D eigenvalue weighted by Crippen LogP contribution is 2.32. The summed E-state index contributed by atoms with van der Waals surface area (Å²) in [6.45, 7) is 3.94. The molecule has 0 bridgehead atoms. The molecule has 0 fully saturated rings. The zero-order valence-electron chi connectivity index (χ0n) is 12.5. The molecule has 2 aromatic carbocycles. The Balaban J connectivity index is 2.37. The van der Waals surface area contributed by atoms with Crippen molar-refractivity contribution in [1.82, 2.24) is 0 Å². The van der Waals surface area contributed by atoms with Crippen molar-refractivity contribution in [3.05, 3.63) is 64.4 Å². The fourth-order valence-electron chi connectivity index (χ4n) is 2.41. The summed E-state index contributed by atoms with van der Waals surface area (Å²) in [6, 6.07) is 12.4. The molecule has 2 atom stereocenters. The van der Waals surface area contributed by atoms with Gasteiger partial charge in [-0.3, -0.25) is 0 Å². The van der Waals surface area contributed by atoms with Crippen molar-refractivity contribution in [2.75, 3.05) is 11.9 Å². The molecule has 4 heteroatoms. The highest BCUT2D eigenvalue weighted by molar-refractivity contribution is 6.30. The van der Waals surface area contributed by atoms with Crippen molar-refractivity contribution in [3.63, 3.8) is 0 Å². The second-order valence-electron chi connectivity index (χ2n) is 5.33. The molecule has 0 saturated heterocycles. The molecule has 0 aliphatic carbocycles. The third-order valence-electron chi connectivity index (χ3n) is 3.77. The quantitative estimate of drug-likeness (QED) is 0.887. The fourth-order valence-corrected chi connectivity index (χ4v) is 2.61. The fraction of sp³-hybridized carbons (Fsp3) is 0.294. The van der Waals surface area contributed by atoms with Gasteiger partial charge in [0.2, 0.25) is 0 Å². The van der Waals surface area contributed by atoms with E-state index in [1.807, 2.05) is 38.2 Å². The molecule has 2 nitrogen and oxygen atoms in total. The second kappa shape index (κ2) is 6.46. The monoisotopic (exact) mass is 306 g/mol. The molecule has 2 rings (SSSR count). The lowest BCUT2D eigenvalue weighted by atomic mass is 10.0. The molecule has 0 spiro atoms. The molecule has 112 valence electrons. The maximum absolute atomic E-state index is 13.5. The number of nitrogens with zero attached hydrogens (tertiary/aromatic N) is 1. The van der Waals surface area contributed by atoms with E-state index in [2.05, 4.69) is 11.8 Å². The predicted molar refractivity (Wildman–Crippen MR) is 87.3 cm³/mol. The number of halogens is 2. The van der Waals surface area contributed by atoms with Crippen LogP contribution < -0.4 is 10.6 Å². The summed E-state index contributed by atoms with van der Waals surface area (Å²) < 4.78 is 13.5. The predicted octanol–water partition coefficient (Wildman–Crippen LogP) is 4.70. The number of benzene rings is 2. The van der Waals surface area contributed by atoms with Crippen molar-refractivity contribution in [3.8, 4) is 0 Å². The van der Waals surface area contributed by atoms with Crippen LogP contribution in [0.15, 0.2) is 42.5 Å². The average Bonchev–Trinajstić information content (AvgIpc) is 2.45. The van der Waals surface area contributed by atoms with Gasteiger partial charge in [0.1, 0.15) is 5.82 Å². The lowest BCUT2D eigenvalue weighted by molar-refractivity contribution is 0.620. The molecule has 0 aromatic heterocycles. The standard InChI is InChI=1S/C17H20ClFN2/c1-11(20)16-10-15(19)7-8-17(16)21(3)12(2)13-5-4-6-14(18)9-13/h4-12H,20H2,1-3H3/t11-,12?/m0/s1. The van der Waals surface area contributed by atoms with Crippen LogP contribution in [0, 0.1) is 5.82 Å². The Hall–Kier alpha value is -1.58. The van der Waals surface area contributed by atoms with Gasteiger partial charge in [-0.15, -0.1) is 0 Å².